The number of piperazine rings is 1. The van der Waals surface area contributed by atoms with Crippen LogP contribution >= 0.6 is 34.2 Å². The first-order valence-corrected chi connectivity index (χ1v) is 10.3. The Morgan fingerprint density at radius 3 is 2.50 bits per heavy atom. The summed E-state index contributed by atoms with van der Waals surface area (Å²) in [6, 6.07) is 11.4. The van der Waals surface area contributed by atoms with Crippen molar-refractivity contribution in [2.45, 2.75) is 13.8 Å². The van der Waals surface area contributed by atoms with E-state index in [-0.39, 0.29) is 5.91 Å². The van der Waals surface area contributed by atoms with E-state index in [1.807, 2.05) is 12.1 Å². The van der Waals surface area contributed by atoms with Crippen LogP contribution in [0, 0.1) is 10.5 Å². The van der Waals surface area contributed by atoms with E-state index in [4.69, 9.17) is 11.6 Å². The maximum absolute atomic E-state index is 12.5. The maximum atomic E-state index is 12.5. The van der Waals surface area contributed by atoms with Crippen LogP contribution in [-0.2, 0) is 0 Å². The quantitative estimate of drug-likeness (QED) is 0.643. The highest BCUT2D eigenvalue weighted by molar-refractivity contribution is 14.1. The number of likely N-dealkylation sites (N-methyl/N-ethyl adjacent to an activating group) is 1. The first kappa shape index (κ1) is 19.5. The van der Waals surface area contributed by atoms with Crippen LogP contribution in [0.3, 0.4) is 0 Å². The minimum absolute atomic E-state index is 0.116. The maximum Gasteiger partial charge on any atom is 0.256 e. The van der Waals surface area contributed by atoms with Crippen molar-refractivity contribution < 1.29 is 4.79 Å². The molecule has 1 aliphatic heterocycles. The Morgan fingerprint density at radius 2 is 1.88 bits per heavy atom. The fourth-order valence-corrected chi connectivity index (χ4v) is 4.38. The van der Waals surface area contributed by atoms with Gasteiger partial charge in [0.2, 0.25) is 0 Å². The summed E-state index contributed by atoms with van der Waals surface area (Å²) in [4.78, 5) is 17.4. The van der Waals surface area contributed by atoms with E-state index in [1.54, 1.807) is 18.2 Å². The van der Waals surface area contributed by atoms with Gasteiger partial charge in [0.15, 0.2) is 0 Å². The van der Waals surface area contributed by atoms with Crippen molar-refractivity contribution in [3.63, 3.8) is 0 Å². The zero-order valence-electron chi connectivity index (χ0n) is 15.1. The van der Waals surface area contributed by atoms with Gasteiger partial charge in [-0.1, -0.05) is 18.5 Å². The van der Waals surface area contributed by atoms with Crippen LogP contribution in [0.1, 0.15) is 22.8 Å². The Kier molecular flexibility index (Phi) is 6.42. The molecule has 1 heterocycles. The number of hydrogen-bond acceptors (Lipinski definition) is 3. The molecular weight excluding hydrogens is 461 g/mol. The average molecular weight is 484 g/mol. The molecule has 2 aromatic carbocycles. The molecule has 1 N–H and O–H groups in total. The van der Waals surface area contributed by atoms with Gasteiger partial charge in [-0.05, 0) is 78.0 Å². The topological polar surface area (TPSA) is 35.6 Å². The van der Waals surface area contributed by atoms with Crippen molar-refractivity contribution in [1.82, 2.24) is 4.90 Å². The third-order valence-electron chi connectivity index (χ3n) is 4.79. The summed E-state index contributed by atoms with van der Waals surface area (Å²) in [6.45, 7) is 9.71. The molecule has 0 spiro atoms. The highest BCUT2D eigenvalue weighted by Crippen LogP contribution is 2.26. The molecule has 0 atom stereocenters. The summed E-state index contributed by atoms with van der Waals surface area (Å²) in [5.41, 5.74) is 3.87. The molecule has 0 bridgehead atoms. The Labute approximate surface area is 173 Å². The number of aryl methyl sites for hydroxylation is 1. The number of benzene rings is 2. The smallest absolute Gasteiger partial charge is 0.256 e. The summed E-state index contributed by atoms with van der Waals surface area (Å²) < 4.78 is 0.842. The molecule has 26 heavy (non-hydrogen) atoms. The van der Waals surface area contributed by atoms with Gasteiger partial charge >= 0.3 is 0 Å². The molecule has 0 unspecified atom stereocenters. The number of carbonyl (C=O) groups is 1. The number of rotatable bonds is 4. The lowest BCUT2D eigenvalue weighted by Gasteiger charge is -2.36. The van der Waals surface area contributed by atoms with Crippen LogP contribution in [-0.4, -0.2) is 43.5 Å². The third-order valence-corrected chi connectivity index (χ3v) is 5.92. The van der Waals surface area contributed by atoms with E-state index >= 15 is 0 Å². The van der Waals surface area contributed by atoms with E-state index in [9.17, 15) is 4.79 Å². The number of nitrogens with one attached hydrogen (secondary N) is 1. The van der Waals surface area contributed by atoms with Crippen molar-refractivity contribution in [2.24, 2.45) is 0 Å². The second-order valence-corrected chi connectivity index (χ2v) is 8.10. The first-order chi connectivity index (χ1) is 12.5. The van der Waals surface area contributed by atoms with E-state index in [0.29, 0.717) is 10.6 Å². The summed E-state index contributed by atoms with van der Waals surface area (Å²) in [6.07, 6.45) is 0. The second-order valence-electron chi connectivity index (χ2n) is 6.50. The Bertz CT molecular complexity index is 804. The van der Waals surface area contributed by atoms with Crippen LogP contribution in [0.4, 0.5) is 11.4 Å². The van der Waals surface area contributed by atoms with Crippen LogP contribution in [0.2, 0.25) is 5.02 Å². The van der Waals surface area contributed by atoms with Crippen molar-refractivity contribution >= 4 is 51.5 Å². The van der Waals surface area contributed by atoms with E-state index < -0.39 is 0 Å². The van der Waals surface area contributed by atoms with E-state index in [1.165, 1.54) is 11.3 Å². The number of nitrogens with zero attached hydrogens (tertiary/aromatic N) is 2. The first-order valence-electron chi connectivity index (χ1n) is 8.82. The van der Waals surface area contributed by atoms with Gasteiger partial charge in [-0.15, -0.1) is 0 Å². The summed E-state index contributed by atoms with van der Waals surface area (Å²) in [5, 5.41) is 3.63. The predicted octanol–water partition coefficient (Wildman–Crippen LogP) is 4.65. The molecule has 0 saturated carbocycles. The largest absolute Gasteiger partial charge is 0.369 e. The summed E-state index contributed by atoms with van der Waals surface area (Å²) in [7, 11) is 0. The summed E-state index contributed by atoms with van der Waals surface area (Å²) in [5.74, 6) is -0.116. The molecule has 0 aliphatic carbocycles. The van der Waals surface area contributed by atoms with Gasteiger partial charge in [-0.3, -0.25) is 4.79 Å². The second kappa shape index (κ2) is 8.59. The molecule has 1 aliphatic rings. The monoisotopic (exact) mass is 483 g/mol. The minimum Gasteiger partial charge on any atom is -0.369 e. The van der Waals surface area contributed by atoms with Gasteiger partial charge in [0.1, 0.15) is 0 Å². The number of amides is 1. The SMILES string of the molecule is CCN1CCN(c2ccc(NC(=O)c3ccc(Cl)cc3I)cc2C)CC1. The predicted molar refractivity (Wildman–Crippen MR) is 118 cm³/mol. The molecule has 0 aromatic heterocycles. The molecule has 1 fully saturated rings. The van der Waals surface area contributed by atoms with Gasteiger partial charge < -0.3 is 15.1 Å². The zero-order valence-corrected chi connectivity index (χ0v) is 18.0. The Morgan fingerprint density at radius 1 is 1.15 bits per heavy atom. The standard InChI is InChI=1S/C20H23ClIN3O/c1-3-24-8-10-25(11-9-24)19-7-5-16(12-14(19)2)23-20(26)17-6-4-15(21)13-18(17)22/h4-7,12-13H,3,8-11H2,1-2H3,(H,23,26). The minimum atomic E-state index is -0.116. The molecule has 4 nitrogen and oxygen atoms in total. The molecule has 1 saturated heterocycles. The normalized spacial score (nSPS) is 15.2. The van der Waals surface area contributed by atoms with Gasteiger partial charge in [-0.2, -0.15) is 0 Å². The van der Waals surface area contributed by atoms with Crippen LogP contribution < -0.4 is 10.2 Å². The lowest BCUT2D eigenvalue weighted by molar-refractivity contribution is 0.102. The van der Waals surface area contributed by atoms with Crippen LogP contribution in [0.5, 0.6) is 0 Å². The fraction of sp³-hybridized carbons (Fsp3) is 0.350. The number of carbonyl (C=O) groups excluding carboxylic acids is 1. The molecule has 3 rings (SSSR count). The third kappa shape index (κ3) is 4.50. The van der Waals surface area contributed by atoms with Crippen molar-refractivity contribution in [3.05, 3.63) is 56.1 Å². The van der Waals surface area contributed by atoms with Crippen molar-refractivity contribution in [2.75, 3.05) is 42.9 Å². The number of hydrogen-bond donors (Lipinski definition) is 1. The Hall–Kier alpha value is -1.31. The lowest BCUT2D eigenvalue weighted by Crippen LogP contribution is -2.46. The average Bonchev–Trinajstić information content (AvgIpc) is 2.62. The highest BCUT2D eigenvalue weighted by atomic mass is 127. The van der Waals surface area contributed by atoms with Crippen LogP contribution in [0.15, 0.2) is 36.4 Å². The van der Waals surface area contributed by atoms with E-state index in [0.717, 1.165) is 42.0 Å². The number of halogens is 2. The van der Waals surface area contributed by atoms with Gasteiger partial charge in [0.25, 0.3) is 5.91 Å². The summed E-state index contributed by atoms with van der Waals surface area (Å²) >= 11 is 8.10. The van der Waals surface area contributed by atoms with E-state index in [2.05, 4.69) is 57.6 Å². The van der Waals surface area contributed by atoms with Crippen LogP contribution in [0.25, 0.3) is 0 Å². The highest BCUT2D eigenvalue weighted by Gasteiger charge is 2.18. The molecule has 6 heteroatoms. The number of anilines is 2. The van der Waals surface area contributed by atoms with Crippen molar-refractivity contribution in [3.8, 4) is 0 Å². The van der Waals surface area contributed by atoms with Gasteiger partial charge in [0, 0.05) is 46.1 Å². The lowest BCUT2D eigenvalue weighted by atomic mass is 10.1. The zero-order chi connectivity index (χ0) is 18.7. The Balaban J connectivity index is 1.70. The van der Waals surface area contributed by atoms with Gasteiger partial charge in [-0.25, -0.2) is 0 Å². The molecule has 0 radical (unpaired) electrons. The molecule has 1 amide bonds. The molecule has 2 aromatic rings. The molecular formula is C20H23ClIN3O. The van der Waals surface area contributed by atoms with Crippen molar-refractivity contribution in [1.29, 1.82) is 0 Å². The van der Waals surface area contributed by atoms with Gasteiger partial charge in [0.05, 0.1) is 5.56 Å². The fourth-order valence-electron chi connectivity index (χ4n) is 3.27. The molecule has 138 valence electrons.